The van der Waals surface area contributed by atoms with Gasteiger partial charge in [-0.1, -0.05) is 30.3 Å². The molecule has 1 saturated heterocycles. The fraction of sp³-hybridized carbons (Fsp3) is 0.556. The number of hydrogen-bond donors (Lipinski definition) is 1. The van der Waals surface area contributed by atoms with Gasteiger partial charge in [-0.3, -0.25) is 9.69 Å². The van der Waals surface area contributed by atoms with Gasteiger partial charge >= 0.3 is 29.6 Å². The molecule has 1 aliphatic carbocycles. The summed E-state index contributed by atoms with van der Waals surface area (Å²) in [4.78, 5) is 25.5. The van der Waals surface area contributed by atoms with Crippen molar-refractivity contribution < 1.29 is 53.0 Å². The van der Waals surface area contributed by atoms with Crippen molar-refractivity contribution >= 4 is 11.9 Å². The molecule has 1 aliphatic heterocycles. The van der Waals surface area contributed by atoms with Crippen LogP contribution in [0.15, 0.2) is 30.3 Å². The summed E-state index contributed by atoms with van der Waals surface area (Å²) in [6.07, 6.45) is 0.355. The van der Waals surface area contributed by atoms with E-state index in [1.807, 2.05) is 30.3 Å². The molecule has 136 valence electrons. The van der Waals surface area contributed by atoms with Crippen LogP contribution in [0.3, 0.4) is 0 Å². The second kappa shape index (κ2) is 8.78. The first-order valence-electron chi connectivity index (χ1n) is 8.52. The summed E-state index contributed by atoms with van der Waals surface area (Å²) < 4.78 is 25.7. The van der Waals surface area contributed by atoms with Gasteiger partial charge in [0.15, 0.2) is 0 Å². The number of hydrogen-bond acceptors (Lipinski definition) is 4. The number of carboxylic acids is 1. The molecule has 0 bridgehead atoms. The number of nitrogens with zero attached hydrogens (tertiary/aromatic N) is 1. The second-order valence-corrected chi connectivity index (χ2v) is 6.96. The summed E-state index contributed by atoms with van der Waals surface area (Å²) in [6, 6.07) is 7.91. The Kier molecular flexibility index (Phi) is 7.19. The number of aliphatic carboxylic acids is 1. The maximum absolute atomic E-state index is 12.9. The molecule has 1 N–H and O–H groups in total. The van der Waals surface area contributed by atoms with Gasteiger partial charge in [0.2, 0.25) is 11.8 Å². The largest absolute Gasteiger partial charge is 1.00 e. The molecule has 1 aromatic carbocycles. The quantitative estimate of drug-likeness (QED) is 0.581. The van der Waals surface area contributed by atoms with Gasteiger partial charge in [0.05, 0.1) is 18.1 Å². The van der Waals surface area contributed by atoms with E-state index in [0.29, 0.717) is 19.4 Å². The maximum atomic E-state index is 12.9. The third-order valence-electron chi connectivity index (χ3n) is 5.04. The number of carboxylic acid groups (broad SMARTS) is 1. The topological polar surface area (TPSA) is 72.5 Å². The zero-order valence-corrected chi connectivity index (χ0v) is 16.8. The zero-order valence-electron chi connectivity index (χ0n) is 14.8. The molecule has 5 nitrogen and oxygen atoms in total. The van der Waals surface area contributed by atoms with Crippen molar-refractivity contribution in [2.24, 2.45) is 5.92 Å². The van der Waals surface area contributed by atoms with Crippen molar-refractivity contribution in [3.8, 4) is 0 Å². The second-order valence-electron chi connectivity index (χ2n) is 6.96. The smallest absolute Gasteiger partial charge is 0.548 e. The normalized spacial score (nSPS) is 25.2. The monoisotopic (exact) mass is 374 g/mol. The van der Waals surface area contributed by atoms with Crippen molar-refractivity contribution in [1.29, 1.82) is 0 Å². The molecule has 0 aromatic heterocycles. The summed E-state index contributed by atoms with van der Waals surface area (Å²) in [5.41, 5.74) is 0.909. The first kappa shape index (κ1) is 21.3. The van der Waals surface area contributed by atoms with Crippen LogP contribution < -0.4 is 40.0 Å². The van der Waals surface area contributed by atoms with Crippen molar-refractivity contribution in [2.45, 2.75) is 50.2 Å². The van der Waals surface area contributed by atoms with Crippen LogP contribution in [0.25, 0.3) is 0 Å². The molecule has 0 spiro atoms. The molecule has 0 radical (unpaired) electrons. The van der Waals surface area contributed by atoms with Crippen LogP contribution in [0.5, 0.6) is 0 Å². The summed E-state index contributed by atoms with van der Waals surface area (Å²) in [6.45, 7) is 0.541. The minimum atomic E-state index is -2.61. The van der Waals surface area contributed by atoms with E-state index in [4.69, 9.17) is 0 Å². The van der Waals surface area contributed by atoms with Gasteiger partial charge in [-0.25, -0.2) is 8.78 Å². The number of rotatable bonds is 6. The fourth-order valence-electron chi connectivity index (χ4n) is 3.71. The van der Waals surface area contributed by atoms with Crippen LogP contribution >= 0.6 is 0 Å². The van der Waals surface area contributed by atoms with Crippen molar-refractivity contribution in [3.63, 3.8) is 0 Å². The Morgan fingerprint density at radius 2 is 1.77 bits per heavy atom. The molecule has 1 amide bonds. The van der Waals surface area contributed by atoms with Gasteiger partial charge in [0, 0.05) is 25.9 Å². The first-order valence-corrected chi connectivity index (χ1v) is 8.52. The number of benzene rings is 1. The SMILES string of the molecule is O=C([O-])C1CCC(C(=O)NCC2CC(F)(F)C2)N1Cc1ccccc1.[Na+]. The van der Waals surface area contributed by atoms with Gasteiger partial charge in [-0.2, -0.15) is 0 Å². The van der Waals surface area contributed by atoms with Gasteiger partial charge in [0.25, 0.3) is 0 Å². The molecule has 3 rings (SSSR count). The van der Waals surface area contributed by atoms with Crippen LogP contribution in [0, 0.1) is 5.92 Å². The summed E-state index contributed by atoms with van der Waals surface area (Å²) in [5.74, 6) is -4.30. The number of alkyl halides is 2. The Balaban J connectivity index is 0.00000243. The number of carbonyl (C=O) groups excluding carboxylic acids is 2. The Labute approximate surface area is 173 Å². The van der Waals surface area contributed by atoms with Gasteiger partial charge in [-0.05, 0) is 24.3 Å². The third-order valence-corrected chi connectivity index (χ3v) is 5.04. The minimum absolute atomic E-state index is 0. The van der Waals surface area contributed by atoms with E-state index in [-0.39, 0.29) is 60.8 Å². The Morgan fingerprint density at radius 3 is 2.35 bits per heavy atom. The molecular formula is C18H21F2N2NaO3. The van der Waals surface area contributed by atoms with Crippen LogP contribution in [0.4, 0.5) is 8.78 Å². The number of halogens is 2. The van der Waals surface area contributed by atoms with Gasteiger partial charge in [0.1, 0.15) is 0 Å². The molecule has 8 heteroatoms. The summed E-state index contributed by atoms with van der Waals surface area (Å²) in [7, 11) is 0. The molecule has 2 atom stereocenters. The average molecular weight is 374 g/mol. The van der Waals surface area contributed by atoms with Crippen LogP contribution in [0.2, 0.25) is 0 Å². The predicted molar refractivity (Wildman–Crippen MR) is 84.5 cm³/mol. The molecule has 2 fully saturated rings. The molecule has 26 heavy (non-hydrogen) atoms. The Morgan fingerprint density at radius 1 is 1.15 bits per heavy atom. The van der Waals surface area contributed by atoms with E-state index >= 15 is 0 Å². The van der Waals surface area contributed by atoms with E-state index in [2.05, 4.69) is 5.32 Å². The number of nitrogens with one attached hydrogen (secondary N) is 1. The van der Waals surface area contributed by atoms with Gasteiger partial charge < -0.3 is 15.2 Å². The van der Waals surface area contributed by atoms with E-state index in [0.717, 1.165) is 5.56 Å². The van der Waals surface area contributed by atoms with E-state index in [9.17, 15) is 23.5 Å². The fourth-order valence-corrected chi connectivity index (χ4v) is 3.71. The number of likely N-dealkylation sites (tertiary alicyclic amines) is 1. The van der Waals surface area contributed by atoms with Crippen molar-refractivity contribution in [2.75, 3.05) is 6.54 Å². The number of carbonyl (C=O) groups is 2. The molecular weight excluding hydrogens is 353 g/mol. The van der Waals surface area contributed by atoms with Crippen molar-refractivity contribution in [1.82, 2.24) is 10.2 Å². The predicted octanol–water partition coefficient (Wildman–Crippen LogP) is -2.06. The standard InChI is InChI=1S/C18H22F2N2O3.Na/c19-18(20)8-13(9-18)10-21-16(23)14-6-7-15(17(24)25)22(14)11-12-4-2-1-3-5-12;/h1-5,13-15H,6-11H2,(H,21,23)(H,24,25);/q;+1/p-1. The van der Waals surface area contributed by atoms with Crippen LogP contribution in [0.1, 0.15) is 31.2 Å². The maximum Gasteiger partial charge on any atom is 1.00 e. The van der Waals surface area contributed by atoms with Crippen LogP contribution in [-0.2, 0) is 16.1 Å². The van der Waals surface area contributed by atoms with E-state index in [1.165, 1.54) is 0 Å². The molecule has 2 unspecified atom stereocenters. The molecule has 1 aromatic rings. The molecule has 1 heterocycles. The molecule has 2 aliphatic rings. The molecule has 1 saturated carbocycles. The number of amides is 1. The Hall–Kier alpha value is -1.02. The van der Waals surface area contributed by atoms with Crippen LogP contribution in [-0.4, -0.2) is 41.3 Å². The first-order chi connectivity index (χ1) is 11.9. The zero-order chi connectivity index (χ0) is 18.0. The Bertz CT molecular complexity index is 637. The average Bonchev–Trinajstić information content (AvgIpc) is 2.95. The minimum Gasteiger partial charge on any atom is -0.548 e. The van der Waals surface area contributed by atoms with E-state index in [1.54, 1.807) is 4.90 Å². The van der Waals surface area contributed by atoms with E-state index < -0.39 is 24.0 Å². The van der Waals surface area contributed by atoms with Crippen molar-refractivity contribution in [3.05, 3.63) is 35.9 Å². The third kappa shape index (κ3) is 5.03. The summed E-state index contributed by atoms with van der Waals surface area (Å²) >= 11 is 0. The van der Waals surface area contributed by atoms with Gasteiger partial charge in [-0.15, -0.1) is 0 Å². The summed E-state index contributed by atoms with van der Waals surface area (Å²) in [5, 5.41) is 14.1.